The van der Waals surface area contributed by atoms with Gasteiger partial charge < -0.3 is 21.5 Å². The van der Waals surface area contributed by atoms with Gasteiger partial charge in [0.2, 0.25) is 15.9 Å². The molecule has 7 N–H and O–H groups in total. The fourth-order valence-corrected chi connectivity index (χ4v) is 2.88. The first-order valence-corrected chi connectivity index (χ1v) is 8.83. The smallest absolute Gasteiger partial charge is 0.238 e. The van der Waals surface area contributed by atoms with Crippen LogP contribution in [0.2, 0.25) is 0 Å². The largest absolute Gasteiger partial charge is 0.385 e. The summed E-state index contributed by atoms with van der Waals surface area (Å²) in [7, 11) is -3.76. The normalized spacial score (nSPS) is 17.7. The molecule has 0 fully saturated rings. The first kappa shape index (κ1) is 17.3. The molecule has 1 aliphatic heterocycles. The van der Waals surface area contributed by atoms with Gasteiger partial charge >= 0.3 is 0 Å². The van der Waals surface area contributed by atoms with E-state index in [-0.39, 0.29) is 22.4 Å². The molecule has 1 unspecified atom stereocenters. The van der Waals surface area contributed by atoms with Gasteiger partial charge in [-0.25, -0.2) is 18.5 Å². The number of sulfonamides is 1. The third-order valence-corrected chi connectivity index (χ3v) is 4.45. The van der Waals surface area contributed by atoms with Crippen molar-refractivity contribution >= 4 is 38.5 Å². The number of hydrogen-bond acceptors (Lipinski definition) is 8. The average molecular weight is 357 g/mol. The maximum Gasteiger partial charge on any atom is 0.238 e. The highest BCUT2D eigenvalue weighted by atomic mass is 32.2. The number of nitrogens with zero attached hydrogens (tertiary/aromatic N) is 1. The van der Waals surface area contributed by atoms with E-state index in [1.54, 1.807) is 0 Å². The number of aliphatic imine (C=N–C) groups is 1. The lowest BCUT2D eigenvalue weighted by Crippen LogP contribution is -2.32. The van der Waals surface area contributed by atoms with Crippen LogP contribution in [0.15, 0.2) is 46.1 Å². The van der Waals surface area contributed by atoms with E-state index in [2.05, 4.69) is 15.6 Å². The van der Waals surface area contributed by atoms with Crippen LogP contribution in [0, 0.1) is 0 Å². The SMILES string of the molecule is NC1=CC(O)N=C(SCC(=O)Nc2ccc(S(N)(=O)=O)cc2)N1. The predicted molar refractivity (Wildman–Crippen MR) is 87.8 cm³/mol. The zero-order valence-corrected chi connectivity index (χ0v) is 13.4. The summed E-state index contributed by atoms with van der Waals surface area (Å²) < 4.78 is 22.3. The van der Waals surface area contributed by atoms with Crippen LogP contribution < -0.4 is 21.5 Å². The second-order valence-corrected chi connectivity index (χ2v) is 7.03. The van der Waals surface area contributed by atoms with Crippen molar-refractivity contribution < 1.29 is 18.3 Å². The minimum Gasteiger partial charge on any atom is -0.385 e. The minimum atomic E-state index is -3.76. The van der Waals surface area contributed by atoms with Crippen molar-refractivity contribution in [2.45, 2.75) is 11.1 Å². The standard InChI is InChI=1S/C12H15N5O4S2/c13-9-5-10(18)17-12(16-9)22-6-11(19)15-7-1-3-8(4-2-7)23(14,20)21/h1-5,10,18H,6,13H2,(H,15,19)(H,16,17)(H2,14,20,21). The van der Waals surface area contributed by atoms with E-state index in [0.29, 0.717) is 10.9 Å². The fourth-order valence-electron chi connectivity index (χ4n) is 1.65. The zero-order valence-electron chi connectivity index (χ0n) is 11.8. The Balaban J connectivity index is 1.88. The molecule has 1 aromatic carbocycles. The number of amidine groups is 1. The summed E-state index contributed by atoms with van der Waals surface area (Å²) in [5, 5.41) is 20.0. The minimum absolute atomic E-state index is 0.0305. The third kappa shape index (κ3) is 5.25. The number of aliphatic hydroxyl groups is 1. The lowest BCUT2D eigenvalue weighted by molar-refractivity contribution is -0.113. The Hall–Kier alpha value is -2.08. The van der Waals surface area contributed by atoms with Gasteiger partial charge in [-0.3, -0.25) is 4.79 Å². The van der Waals surface area contributed by atoms with Crippen molar-refractivity contribution in [2.24, 2.45) is 15.9 Å². The van der Waals surface area contributed by atoms with Gasteiger partial charge in [0.05, 0.1) is 10.6 Å². The van der Waals surface area contributed by atoms with E-state index in [1.807, 2.05) is 0 Å². The highest BCUT2D eigenvalue weighted by Crippen LogP contribution is 2.14. The number of primary sulfonamides is 1. The summed E-state index contributed by atoms with van der Waals surface area (Å²) in [5.41, 5.74) is 5.96. The topological polar surface area (TPSA) is 160 Å². The Morgan fingerprint density at radius 1 is 1.39 bits per heavy atom. The summed E-state index contributed by atoms with van der Waals surface area (Å²) in [4.78, 5) is 15.7. The number of rotatable bonds is 4. The Morgan fingerprint density at radius 3 is 2.61 bits per heavy atom. The Kier molecular flexibility index (Phi) is 5.26. The first-order valence-electron chi connectivity index (χ1n) is 6.30. The van der Waals surface area contributed by atoms with Crippen LogP contribution in [-0.2, 0) is 14.8 Å². The van der Waals surface area contributed by atoms with Gasteiger partial charge in [0.1, 0.15) is 5.82 Å². The lowest BCUT2D eigenvalue weighted by Gasteiger charge is -2.16. The number of carbonyl (C=O) groups is 1. The molecule has 1 heterocycles. The van der Waals surface area contributed by atoms with Crippen LogP contribution >= 0.6 is 11.8 Å². The molecule has 2 rings (SSSR count). The zero-order chi connectivity index (χ0) is 17.0. The molecule has 124 valence electrons. The van der Waals surface area contributed by atoms with Crippen LogP contribution in [-0.4, -0.2) is 36.6 Å². The average Bonchev–Trinajstić information content (AvgIpc) is 2.44. The molecule has 11 heteroatoms. The van der Waals surface area contributed by atoms with Gasteiger partial charge in [0.25, 0.3) is 0 Å². The molecular formula is C12H15N5O4S2. The van der Waals surface area contributed by atoms with Crippen molar-refractivity contribution in [2.75, 3.05) is 11.1 Å². The number of thioether (sulfide) groups is 1. The van der Waals surface area contributed by atoms with Crippen molar-refractivity contribution in [3.05, 3.63) is 36.2 Å². The molecule has 23 heavy (non-hydrogen) atoms. The number of aliphatic hydroxyl groups excluding tert-OH is 1. The van der Waals surface area contributed by atoms with Crippen LogP contribution in [0.1, 0.15) is 0 Å². The number of nitrogens with two attached hydrogens (primary N) is 2. The van der Waals surface area contributed by atoms with Gasteiger partial charge in [-0.2, -0.15) is 0 Å². The summed E-state index contributed by atoms with van der Waals surface area (Å²) in [6, 6.07) is 5.46. The molecule has 1 atom stereocenters. The van der Waals surface area contributed by atoms with E-state index >= 15 is 0 Å². The molecule has 0 saturated carbocycles. The van der Waals surface area contributed by atoms with Crippen LogP contribution in [0.25, 0.3) is 0 Å². The van der Waals surface area contributed by atoms with Gasteiger partial charge in [0.15, 0.2) is 11.4 Å². The van der Waals surface area contributed by atoms with Gasteiger partial charge in [-0.05, 0) is 24.3 Å². The van der Waals surface area contributed by atoms with E-state index < -0.39 is 16.3 Å². The molecule has 1 aliphatic rings. The lowest BCUT2D eigenvalue weighted by atomic mass is 10.3. The number of amides is 1. The second kappa shape index (κ2) is 7.00. The summed E-state index contributed by atoms with van der Waals surface area (Å²) in [5.74, 6) is -0.0394. The first-order chi connectivity index (χ1) is 10.7. The summed E-state index contributed by atoms with van der Waals surface area (Å²) >= 11 is 1.07. The van der Waals surface area contributed by atoms with Crippen molar-refractivity contribution in [3.63, 3.8) is 0 Å². The van der Waals surface area contributed by atoms with Gasteiger partial charge in [-0.1, -0.05) is 11.8 Å². The molecule has 1 amide bonds. The Labute approximate surface area is 136 Å². The second-order valence-electron chi connectivity index (χ2n) is 4.50. The Bertz CT molecular complexity index is 758. The highest BCUT2D eigenvalue weighted by Gasteiger charge is 2.13. The van der Waals surface area contributed by atoms with E-state index in [1.165, 1.54) is 30.3 Å². The Morgan fingerprint density at radius 2 is 2.04 bits per heavy atom. The number of benzene rings is 1. The molecule has 0 saturated heterocycles. The van der Waals surface area contributed by atoms with Crippen LogP contribution in [0.5, 0.6) is 0 Å². The number of hydrogen-bond donors (Lipinski definition) is 5. The molecule has 9 nitrogen and oxygen atoms in total. The van der Waals surface area contributed by atoms with Crippen molar-refractivity contribution in [1.29, 1.82) is 0 Å². The number of nitrogens with one attached hydrogen (secondary N) is 2. The predicted octanol–water partition coefficient (Wildman–Crippen LogP) is -0.917. The maximum atomic E-state index is 11.8. The maximum absolute atomic E-state index is 11.8. The molecule has 0 aliphatic carbocycles. The number of anilines is 1. The highest BCUT2D eigenvalue weighted by molar-refractivity contribution is 8.14. The quantitative estimate of drug-likeness (QED) is 0.466. The number of carbonyl (C=O) groups excluding carboxylic acids is 1. The summed E-state index contributed by atoms with van der Waals surface area (Å²) in [6.07, 6.45) is 0.296. The van der Waals surface area contributed by atoms with Crippen molar-refractivity contribution in [3.8, 4) is 0 Å². The molecule has 0 bridgehead atoms. The monoisotopic (exact) mass is 357 g/mol. The molecular weight excluding hydrogens is 342 g/mol. The third-order valence-electron chi connectivity index (χ3n) is 2.64. The van der Waals surface area contributed by atoms with E-state index in [0.717, 1.165) is 11.8 Å². The molecule has 0 spiro atoms. The van der Waals surface area contributed by atoms with E-state index in [9.17, 15) is 18.3 Å². The summed E-state index contributed by atoms with van der Waals surface area (Å²) in [6.45, 7) is 0. The van der Waals surface area contributed by atoms with Crippen LogP contribution in [0.4, 0.5) is 5.69 Å². The molecule has 0 radical (unpaired) electrons. The molecule has 1 aromatic rings. The van der Waals surface area contributed by atoms with E-state index in [4.69, 9.17) is 10.9 Å². The van der Waals surface area contributed by atoms with Gasteiger partial charge in [-0.15, -0.1) is 0 Å². The van der Waals surface area contributed by atoms with Crippen LogP contribution in [0.3, 0.4) is 0 Å². The van der Waals surface area contributed by atoms with Gasteiger partial charge in [0, 0.05) is 11.8 Å². The molecule has 0 aromatic heterocycles. The van der Waals surface area contributed by atoms with Crippen molar-refractivity contribution in [1.82, 2.24) is 5.32 Å². The fraction of sp³-hybridized carbons (Fsp3) is 0.167.